The van der Waals surface area contributed by atoms with E-state index in [0.717, 1.165) is 11.3 Å². The molecule has 3 aromatic rings. The minimum absolute atomic E-state index is 0.0919. The molecule has 0 aromatic heterocycles. The first kappa shape index (κ1) is 20.9. The van der Waals surface area contributed by atoms with Crippen molar-refractivity contribution in [3.63, 3.8) is 0 Å². The molecule has 0 atom stereocenters. The molecule has 3 aromatic carbocycles. The van der Waals surface area contributed by atoms with E-state index in [0.29, 0.717) is 30.2 Å². The molecule has 0 saturated carbocycles. The third-order valence-corrected chi connectivity index (χ3v) is 4.37. The van der Waals surface area contributed by atoms with Crippen molar-refractivity contribution in [2.75, 3.05) is 19.0 Å². The van der Waals surface area contributed by atoms with Gasteiger partial charge < -0.3 is 20.1 Å². The fourth-order valence-corrected chi connectivity index (χ4v) is 2.75. The zero-order chi connectivity index (χ0) is 21.2. The molecule has 3 rings (SSSR count). The summed E-state index contributed by atoms with van der Waals surface area (Å²) in [7, 11) is 1.58. The maximum absolute atomic E-state index is 12.4. The molecular formula is C24H24N2O4. The van der Waals surface area contributed by atoms with Crippen molar-refractivity contribution in [3.05, 3.63) is 90.0 Å². The topological polar surface area (TPSA) is 76.7 Å². The van der Waals surface area contributed by atoms with Gasteiger partial charge in [-0.3, -0.25) is 9.59 Å². The Labute approximate surface area is 175 Å². The van der Waals surface area contributed by atoms with Crippen LogP contribution in [0.15, 0.2) is 78.9 Å². The third-order valence-electron chi connectivity index (χ3n) is 4.37. The maximum atomic E-state index is 12.4. The normalized spacial score (nSPS) is 10.2. The molecule has 6 heteroatoms. The number of amides is 2. The minimum atomic E-state index is -0.211. The van der Waals surface area contributed by atoms with Crippen LogP contribution in [0, 0.1) is 0 Å². The van der Waals surface area contributed by atoms with E-state index in [9.17, 15) is 9.59 Å². The van der Waals surface area contributed by atoms with E-state index in [1.54, 1.807) is 31.4 Å². The average molecular weight is 404 g/mol. The molecule has 0 unspecified atom stereocenters. The van der Waals surface area contributed by atoms with Gasteiger partial charge >= 0.3 is 0 Å². The van der Waals surface area contributed by atoms with Crippen LogP contribution in [-0.4, -0.2) is 25.5 Å². The Balaban J connectivity index is 1.43. The molecule has 6 nitrogen and oxygen atoms in total. The summed E-state index contributed by atoms with van der Waals surface area (Å²) in [4.78, 5) is 24.4. The molecule has 0 aliphatic rings. The second kappa shape index (κ2) is 10.7. The summed E-state index contributed by atoms with van der Waals surface area (Å²) >= 11 is 0. The maximum Gasteiger partial charge on any atom is 0.255 e. The molecule has 0 bridgehead atoms. The molecule has 0 spiro atoms. The first-order valence-electron chi connectivity index (χ1n) is 9.63. The highest BCUT2D eigenvalue weighted by Gasteiger charge is 2.07. The van der Waals surface area contributed by atoms with Gasteiger partial charge in [-0.1, -0.05) is 36.4 Å². The van der Waals surface area contributed by atoms with Gasteiger partial charge in [-0.2, -0.15) is 0 Å². The van der Waals surface area contributed by atoms with E-state index in [1.807, 2.05) is 54.6 Å². The fraction of sp³-hybridized carbons (Fsp3) is 0.167. The highest BCUT2D eigenvalue weighted by Crippen LogP contribution is 2.17. The number of hydrogen-bond acceptors (Lipinski definition) is 4. The summed E-state index contributed by atoms with van der Waals surface area (Å²) in [6, 6.07) is 23.7. The largest absolute Gasteiger partial charge is 0.497 e. The summed E-state index contributed by atoms with van der Waals surface area (Å²) in [5.74, 6) is 1.11. The van der Waals surface area contributed by atoms with Crippen LogP contribution in [0.3, 0.4) is 0 Å². The number of benzene rings is 3. The van der Waals surface area contributed by atoms with Gasteiger partial charge in [-0.25, -0.2) is 0 Å². The van der Waals surface area contributed by atoms with Crippen LogP contribution in [-0.2, 0) is 11.3 Å². The van der Waals surface area contributed by atoms with E-state index >= 15 is 0 Å². The molecule has 0 saturated heterocycles. The van der Waals surface area contributed by atoms with Gasteiger partial charge in [-0.15, -0.1) is 0 Å². The highest BCUT2D eigenvalue weighted by molar-refractivity contribution is 6.04. The van der Waals surface area contributed by atoms with Crippen molar-refractivity contribution in [3.8, 4) is 11.5 Å². The van der Waals surface area contributed by atoms with Gasteiger partial charge in [0.05, 0.1) is 20.1 Å². The number of ether oxygens (including phenoxy) is 2. The SMILES string of the molecule is COc1cccc(NC(=O)c2ccc(CNC(=O)CCOc3ccccc3)cc2)c1. The summed E-state index contributed by atoms with van der Waals surface area (Å²) in [6.45, 7) is 0.710. The van der Waals surface area contributed by atoms with Crippen molar-refractivity contribution >= 4 is 17.5 Å². The number of carbonyl (C=O) groups excluding carboxylic acids is 2. The lowest BCUT2D eigenvalue weighted by molar-refractivity contribution is -0.121. The summed E-state index contributed by atoms with van der Waals surface area (Å²) in [5.41, 5.74) is 2.10. The number of carbonyl (C=O) groups is 2. The number of methoxy groups -OCH3 is 1. The van der Waals surface area contributed by atoms with Crippen molar-refractivity contribution < 1.29 is 19.1 Å². The summed E-state index contributed by atoms with van der Waals surface area (Å²) in [6.07, 6.45) is 0.274. The molecule has 2 amide bonds. The minimum Gasteiger partial charge on any atom is -0.497 e. The first-order valence-corrected chi connectivity index (χ1v) is 9.63. The summed E-state index contributed by atoms with van der Waals surface area (Å²) < 4.78 is 10.7. The number of para-hydroxylation sites is 1. The van der Waals surface area contributed by atoms with E-state index < -0.39 is 0 Å². The van der Waals surface area contributed by atoms with Crippen molar-refractivity contribution in [1.82, 2.24) is 5.32 Å². The molecule has 0 fully saturated rings. The van der Waals surface area contributed by atoms with Crippen LogP contribution < -0.4 is 20.1 Å². The van der Waals surface area contributed by atoms with E-state index in [2.05, 4.69) is 10.6 Å². The predicted octanol–water partition coefficient (Wildman–Crippen LogP) is 4.03. The molecule has 0 heterocycles. The lowest BCUT2D eigenvalue weighted by Crippen LogP contribution is -2.24. The Morgan fingerprint density at radius 3 is 2.33 bits per heavy atom. The van der Waals surface area contributed by atoms with Gasteiger partial charge in [0, 0.05) is 23.9 Å². The van der Waals surface area contributed by atoms with Gasteiger partial charge in [-0.05, 0) is 42.0 Å². The Morgan fingerprint density at radius 1 is 0.867 bits per heavy atom. The van der Waals surface area contributed by atoms with E-state index in [1.165, 1.54) is 0 Å². The average Bonchev–Trinajstić information content (AvgIpc) is 2.79. The third kappa shape index (κ3) is 6.38. The number of hydrogen-bond donors (Lipinski definition) is 2. The first-order chi connectivity index (χ1) is 14.6. The smallest absolute Gasteiger partial charge is 0.255 e. The van der Waals surface area contributed by atoms with Gasteiger partial charge in [0.25, 0.3) is 5.91 Å². The van der Waals surface area contributed by atoms with Gasteiger partial charge in [0.1, 0.15) is 11.5 Å². The molecule has 2 N–H and O–H groups in total. The molecule has 0 aliphatic carbocycles. The van der Waals surface area contributed by atoms with Crippen molar-refractivity contribution in [1.29, 1.82) is 0 Å². The Morgan fingerprint density at radius 2 is 1.60 bits per heavy atom. The van der Waals surface area contributed by atoms with Crippen LogP contribution in [0.5, 0.6) is 11.5 Å². The van der Waals surface area contributed by atoms with Crippen LogP contribution in [0.4, 0.5) is 5.69 Å². The number of rotatable bonds is 9. The summed E-state index contributed by atoms with van der Waals surface area (Å²) in [5, 5.41) is 5.69. The van der Waals surface area contributed by atoms with E-state index in [-0.39, 0.29) is 18.2 Å². The van der Waals surface area contributed by atoms with Crippen LogP contribution in [0.2, 0.25) is 0 Å². The number of nitrogens with one attached hydrogen (secondary N) is 2. The Bertz CT molecular complexity index is 972. The molecule has 0 radical (unpaired) electrons. The van der Waals surface area contributed by atoms with Crippen molar-refractivity contribution in [2.45, 2.75) is 13.0 Å². The fourth-order valence-electron chi connectivity index (χ4n) is 2.75. The quantitative estimate of drug-likeness (QED) is 0.565. The zero-order valence-electron chi connectivity index (χ0n) is 16.8. The molecular weight excluding hydrogens is 380 g/mol. The van der Waals surface area contributed by atoms with Gasteiger partial charge in [0.15, 0.2) is 0 Å². The second-order valence-corrected chi connectivity index (χ2v) is 6.57. The molecule has 30 heavy (non-hydrogen) atoms. The lowest BCUT2D eigenvalue weighted by Gasteiger charge is -2.09. The second-order valence-electron chi connectivity index (χ2n) is 6.57. The van der Waals surface area contributed by atoms with Gasteiger partial charge in [0.2, 0.25) is 5.91 Å². The van der Waals surface area contributed by atoms with Crippen LogP contribution in [0.25, 0.3) is 0 Å². The Hall–Kier alpha value is -3.80. The standard InChI is InChI=1S/C24H24N2O4/c1-29-22-9-5-6-20(16-22)26-24(28)19-12-10-18(11-13-19)17-25-23(27)14-15-30-21-7-3-2-4-8-21/h2-13,16H,14-15,17H2,1H3,(H,25,27)(H,26,28). The molecule has 154 valence electrons. The van der Waals surface area contributed by atoms with E-state index in [4.69, 9.17) is 9.47 Å². The van der Waals surface area contributed by atoms with Crippen molar-refractivity contribution in [2.24, 2.45) is 0 Å². The zero-order valence-corrected chi connectivity index (χ0v) is 16.8. The Kier molecular flexibility index (Phi) is 7.44. The predicted molar refractivity (Wildman–Crippen MR) is 116 cm³/mol. The monoisotopic (exact) mass is 404 g/mol. The number of anilines is 1. The van der Waals surface area contributed by atoms with Crippen LogP contribution >= 0.6 is 0 Å². The molecule has 0 aliphatic heterocycles. The van der Waals surface area contributed by atoms with Crippen LogP contribution in [0.1, 0.15) is 22.3 Å². The lowest BCUT2D eigenvalue weighted by atomic mass is 10.1. The highest BCUT2D eigenvalue weighted by atomic mass is 16.5.